The van der Waals surface area contributed by atoms with Crippen molar-refractivity contribution in [3.8, 4) is 17.2 Å². The summed E-state index contributed by atoms with van der Waals surface area (Å²) < 4.78 is 8.03. The lowest BCUT2D eigenvalue weighted by Gasteiger charge is -2.26. The Morgan fingerprint density at radius 3 is 2.39 bits per heavy atom. The molecule has 7 heteroatoms. The fraction of sp³-hybridized carbons (Fsp3) is 0.387. The molecular weight excluding hydrogens is 472 g/mol. The zero-order valence-corrected chi connectivity index (χ0v) is 23.0. The first kappa shape index (κ1) is 25.9. The van der Waals surface area contributed by atoms with Crippen LogP contribution >= 0.6 is 0 Å². The maximum Gasteiger partial charge on any atom is 0.176 e. The Hall–Kier alpha value is -3.73. The summed E-state index contributed by atoms with van der Waals surface area (Å²) >= 11 is 0. The van der Waals surface area contributed by atoms with Gasteiger partial charge in [-0.1, -0.05) is 74.5 Å². The summed E-state index contributed by atoms with van der Waals surface area (Å²) in [7, 11) is 4.27. The second kappa shape index (κ2) is 10.6. The third-order valence-electron chi connectivity index (χ3n) is 7.55. The van der Waals surface area contributed by atoms with Gasteiger partial charge < -0.3 is 14.5 Å². The molecule has 1 saturated heterocycles. The van der Waals surface area contributed by atoms with Crippen LogP contribution in [0.2, 0.25) is 0 Å². The van der Waals surface area contributed by atoms with E-state index in [9.17, 15) is 5.26 Å². The topological polar surface area (TPSA) is 69.7 Å². The van der Waals surface area contributed by atoms with E-state index in [0.717, 1.165) is 47.6 Å². The van der Waals surface area contributed by atoms with E-state index in [1.54, 1.807) is 0 Å². The molecular formula is C31H36N6O. The maximum atomic E-state index is 10.3. The number of fused-ring (bicyclic) bond motifs is 1. The molecule has 0 saturated carbocycles. The average molecular weight is 509 g/mol. The lowest BCUT2D eigenvalue weighted by Crippen LogP contribution is -2.32. The van der Waals surface area contributed by atoms with Gasteiger partial charge >= 0.3 is 0 Å². The van der Waals surface area contributed by atoms with E-state index >= 15 is 0 Å². The van der Waals surface area contributed by atoms with Crippen molar-refractivity contribution in [1.82, 2.24) is 19.5 Å². The molecule has 1 aliphatic rings. The number of anilines is 1. The number of hydrogen-bond donors (Lipinski definition) is 0. The Balaban J connectivity index is 1.61. The van der Waals surface area contributed by atoms with E-state index in [2.05, 4.69) is 68.1 Å². The monoisotopic (exact) mass is 508 g/mol. The van der Waals surface area contributed by atoms with Crippen LogP contribution in [-0.4, -0.2) is 59.3 Å². The molecule has 0 radical (unpaired) electrons. The number of hydrogen-bond acceptors (Lipinski definition) is 6. The highest BCUT2D eigenvalue weighted by Gasteiger charge is 2.33. The SMILES string of the molecule is Cc1c(-c2ccccc2)c(N2CC[C@H](N(C)C)C2)n2nc(C(C)(C)COCc3ccccc3)nc2c1C#N. The van der Waals surface area contributed by atoms with Crippen molar-refractivity contribution < 1.29 is 4.74 Å². The summed E-state index contributed by atoms with van der Waals surface area (Å²) in [4.78, 5) is 9.67. The van der Waals surface area contributed by atoms with Crippen LogP contribution in [0.4, 0.5) is 5.82 Å². The summed E-state index contributed by atoms with van der Waals surface area (Å²) in [6, 6.07) is 23.4. The van der Waals surface area contributed by atoms with Gasteiger partial charge in [0.2, 0.25) is 0 Å². The zero-order chi connectivity index (χ0) is 26.9. The summed E-state index contributed by atoms with van der Waals surface area (Å²) in [5.41, 5.74) is 4.93. The summed E-state index contributed by atoms with van der Waals surface area (Å²) in [5, 5.41) is 15.3. The van der Waals surface area contributed by atoms with Crippen LogP contribution < -0.4 is 4.90 Å². The Morgan fingerprint density at radius 1 is 1.08 bits per heavy atom. The van der Waals surface area contributed by atoms with Gasteiger partial charge in [0.25, 0.3) is 0 Å². The van der Waals surface area contributed by atoms with Gasteiger partial charge in [-0.2, -0.15) is 9.78 Å². The molecule has 3 heterocycles. The molecule has 0 unspecified atom stereocenters. The molecule has 0 amide bonds. The fourth-order valence-corrected chi connectivity index (χ4v) is 5.27. The molecule has 2 aromatic carbocycles. The van der Waals surface area contributed by atoms with E-state index in [-0.39, 0.29) is 0 Å². The van der Waals surface area contributed by atoms with Crippen molar-refractivity contribution >= 4 is 11.5 Å². The number of benzene rings is 2. The maximum absolute atomic E-state index is 10.3. The van der Waals surface area contributed by atoms with Crippen LogP contribution in [0.3, 0.4) is 0 Å². The first-order valence-electron chi connectivity index (χ1n) is 13.2. The molecule has 7 nitrogen and oxygen atoms in total. The summed E-state index contributed by atoms with van der Waals surface area (Å²) in [5.74, 6) is 1.68. The van der Waals surface area contributed by atoms with E-state index in [1.807, 2.05) is 47.8 Å². The molecule has 196 valence electrons. The predicted octanol–water partition coefficient (Wildman–Crippen LogP) is 5.21. The third-order valence-corrected chi connectivity index (χ3v) is 7.55. The van der Waals surface area contributed by atoms with Gasteiger partial charge in [0.15, 0.2) is 11.5 Å². The molecule has 5 rings (SSSR count). The van der Waals surface area contributed by atoms with Crippen molar-refractivity contribution in [2.45, 2.75) is 45.3 Å². The quantitative estimate of drug-likeness (QED) is 0.325. The fourth-order valence-electron chi connectivity index (χ4n) is 5.27. The van der Waals surface area contributed by atoms with Gasteiger partial charge in [0, 0.05) is 30.1 Å². The number of rotatable bonds is 8. The molecule has 38 heavy (non-hydrogen) atoms. The average Bonchev–Trinajstić information content (AvgIpc) is 3.58. The minimum atomic E-state index is -0.442. The molecule has 0 spiro atoms. The minimum Gasteiger partial charge on any atom is -0.376 e. The molecule has 0 N–H and O–H groups in total. The molecule has 0 bridgehead atoms. The largest absolute Gasteiger partial charge is 0.376 e. The van der Waals surface area contributed by atoms with Gasteiger partial charge in [-0.15, -0.1) is 5.10 Å². The van der Waals surface area contributed by atoms with Crippen molar-refractivity contribution in [2.24, 2.45) is 0 Å². The number of nitrogens with zero attached hydrogens (tertiary/aromatic N) is 6. The predicted molar refractivity (Wildman–Crippen MR) is 151 cm³/mol. The van der Waals surface area contributed by atoms with Crippen LogP contribution in [0.5, 0.6) is 0 Å². The highest BCUT2D eigenvalue weighted by Crippen LogP contribution is 2.39. The van der Waals surface area contributed by atoms with E-state index in [4.69, 9.17) is 14.8 Å². The Labute approximate surface area is 225 Å². The van der Waals surface area contributed by atoms with Gasteiger partial charge in [-0.25, -0.2) is 4.98 Å². The smallest absolute Gasteiger partial charge is 0.176 e. The number of nitriles is 1. The first-order chi connectivity index (χ1) is 18.3. The lowest BCUT2D eigenvalue weighted by atomic mass is 9.94. The standard InChI is InChI=1S/C31H36N6O/c1-22-26(18-32)28-33-30(31(2,3)21-38-20-23-12-8-6-9-13-23)34-37(28)29(27(22)24-14-10-7-11-15-24)36-17-16-25(19-36)35(4)5/h6-15,25H,16-17,19-21H2,1-5H3/t25-/m0/s1. The van der Waals surface area contributed by atoms with Crippen molar-refractivity contribution in [3.63, 3.8) is 0 Å². The van der Waals surface area contributed by atoms with Crippen LogP contribution in [0.15, 0.2) is 60.7 Å². The molecule has 4 aromatic rings. The van der Waals surface area contributed by atoms with Crippen LogP contribution in [0, 0.1) is 18.3 Å². The number of likely N-dealkylation sites (N-methyl/N-ethyl adjacent to an activating group) is 1. The second-order valence-electron chi connectivity index (χ2n) is 11.1. The molecule has 1 atom stereocenters. The Bertz CT molecular complexity index is 1450. The second-order valence-corrected chi connectivity index (χ2v) is 11.1. The van der Waals surface area contributed by atoms with Crippen molar-refractivity contribution in [2.75, 3.05) is 38.7 Å². The Kier molecular flexibility index (Phi) is 7.20. The highest BCUT2D eigenvalue weighted by molar-refractivity contribution is 5.85. The van der Waals surface area contributed by atoms with Crippen LogP contribution in [0.25, 0.3) is 16.8 Å². The third kappa shape index (κ3) is 4.90. The van der Waals surface area contributed by atoms with Crippen molar-refractivity contribution in [3.05, 3.63) is 83.2 Å². The van der Waals surface area contributed by atoms with E-state index < -0.39 is 5.41 Å². The number of pyridine rings is 1. The normalized spacial score (nSPS) is 15.9. The highest BCUT2D eigenvalue weighted by atomic mass is 16.5. The van der Waals surface area contributed by atoms with E-state index in [0.29, 0.717) is 36.3 Å². The van der Waals surface area contributed by atoms with Gasteiger partial charge in [0.05, 0.1) is 13.2 Å². The summed E-state index contributed by atoms with van der Waals surface area (Å²) in [6.45, 7) is 9.04. The molecule has 1 fully saturated rings. The van der Waals surface area contributed by atoms with Gasteiger partial charge in [-0.05, 0) is 44.1 Å². The molecule has 1 aliphatic heterocycles. The number of ether oxygens (including phenoxy) is 1. The van der Waals surface area contributed by atoms with E-state index in [1.165, 1.54) is 0 Å². The Morgan fingerprint density at radius 2 is 1.76 bits per heavy atom. The van der Waals surface area contributed by atoms with Gasteiger partial charge in [0.1, 0.15) is 17.5 Å². The zero-order valence-electron chi connectivity index (χ0n) is 23.0. The number of aromatic nitrogens is 3. The minimum absolute atomic E-state index is 0.442. The van der Waals surface area contributed by atoms with Crippen molar-refractivity contribution in [1.29, 1.82) is 5.26 Å². The van der Waals surface area contributed by atoms with Gasteiger partial charge in [-0.3, -0.25) is 0 Å². The van der Waals surface area contributed by atoms with Crippen LogP contribution in [0.1, 0.15) is 42.8 Å². The molecule has 2 aromatic heterocycles. The van der Waals surface area contributed by atoms with Crippen LogP contribution in [-0.2, 0) is 16.8 Å². The summed E-state index contributed by atoms with van der Waals surface area (Å²) in [6.07, 6.45) is 1.07. The first-order valence-corrected chi connectivity index (χ1v) is 13.2. The molecule has 0 aliphatic carbocycles. The lowest BCUT2D eigenvalue weighted by molar-refractivity contribution is 0.0797.